The topological polar surface area (TPSA) is 67.4 Å². The van der Waals surface area contributed by atoms with Crippen molar-refractivity contribution < 1.29 is 14.3 Å². The summed E-state index contributed by atoms with van der Waals surface area (Å²) in [5, 5.41) is 5.37. The highest BCUT2D eigenvalue weighted by atomic mass is 35.5. The molecule has 0 spiro atoms. The Morgan fingerprint density at radius 3 is 2.52 bits per heavy atom. The molecule has 2 amide bonds. The van der Waals surface area contributed by atoms with Crippen LogP contribution in [0.5, 0.6) is 5.75 Å². The van der Waals surface area contributed by atoms with Crippen molar-refractivity contribution in [1.29, 1.82) is 0 Å². The zero-order chi connectivity index (χ0) is 15.8. The Labute approximate surface area is 137 Å². The fourth-order valence-corrected chi connectivity index (χ4v) is 1.86. The SMILES string of the molecule is CC(Cl)C(=O)NCCNC(=O)COc1ccc(Cl)cc1Cl. The van der Waals surface area contributed by atoms with E-state index in [1.165, 1.54) is 6.07 Å². The van der Waals surface area contributed by atoms with Gasteiger partial charge in [0.05, 0.1) is 5.02 Å². The van der Waals surface area contributed by atoms with Crippen LogP contribution in [0.15, 0.2) is 18.2 Å². The summed E-state index contributed by atoms with van der Waals surface area (Å²) in [6.45, 7) is 1.97. The maximum atomic E-state index is 11.5. The molecule has 0 aliphatic carbocycles. The third kappa shape index (κ3) is 6.89. The summed E-state index contributed by atoms with van der Waals surface area (Å²) in [6.07, 6.45) is 0. The second-order valence-corrected chi connectivity index (χ2v) is 5.62. The predicted molar refractivity (Wildman–Crippen MR) is 83.3 cm³/mol. The molecule has 116 valence electrons. The first-order chi connectivity index (χ1) is 9.90. The fourth-order valence-electron chi connectivity index (χ4n) is 1.31. The van der Waals surface area contributed by atoms with Crippen molar-refractivity contribution in [2.24, 2.45) is 0 Å². The van der Waals surface area contributed by atoms with Crippen molar-refractivity contribution in [3.63, 3.8) is 0 Å². The first-order valence-corrected chi connectivity index (χ1v) is 7.35. The van der Waals surface area contributed by atoms with Crippen LogP contribution in [0.3, 0.4) is 0 Å². The molecule has 0 saturated carbocycles. The van der Waals surface area contributed by atoms with Gasteiger partial charge in [-0.1, -0.05) is 23.2 Å². The molecule has 1 unspecified atom stereocenters. The largest absolute Gasteiger partial charge is 0.482 e. The number of amides is 2. The van der Waals surface area contributed by atoms with Crippen LogP contribution in [0.4, 0.5) is 0 Å². The van der Waals surface area contributed by atoms with Gasteiger partial charge in [-0.2, -0.15) is 0 Å². The molecule has 1 rings (SSSR count). The van der Waals surface area contributed by atoms with Crippen molar-refractivity contribution >= 4 is 46.6 Å². The van der Waals surface area contributed by atoms with Gasteiger partial charge in [0.1, 0.15) is 11.1 Å². The van der Waals surface area contributed by atoms with Crippen LogP contribution in [0, 0.1) is 0 Å². The number of benzene rings is 1. The molecule has 0 aromatic heterocycles. The Morgan fingerprint density at radius 1 is 1.24 bits per heavy atom. The Kier molecular flexibility index (Phi) is 7.64. The molecule has 0 radical (unpaired) electrons. The fraction of sp³-hybridized carbons (Fsp3) is 0.385. The molecule has 1 aromatic carbocycles. The van der Waals surface area contributed by atoms with Gasteiger partial charge < -0.3 is 15.4 Å². The molecular formula is C13H15Cl3N2O3. The highest BCUT2D eigenvalue weighted by Crippen LogP contribution is 2.27. The summed E-state index contributed by atoms with van der Waals surface area (Å²) in [5.74, 6) is -0.232. The van der Waals surface area contributed by atoms with Gasteiger partial charge in [-0.3, -0.25) is 9.59 Å². The standard InChI is InChI=1S/C13H15Cl3N2O3/c1-8(14)13(20)18-5-4-17-12(19)7-21-11-3-2-9(15)6-10(11)16/h2-3,6,8H,4-5,7H2,1H3,(H,17,19)(H,18,20). The molecule has 0 heterocycles. The zero-order valence-corrected chi connectivity index (χ0v) is 13.6. The number of rotatable bonds is 7. The number of ether oxygens (including phenoxy) is 1. The average Bonchev–Trinajstić information content (AvgIpc) is 2.42. The highest BCUT2D eigenvalue weighted by molar-refractivity contribution is 6.35. The highest BCUT2D eigenvalue weighted by Gasteiger charge is 2.08. The molecule has 0 bridgehead atoms. The van der Waals surface area contributed by atoms with Crippen LogP contribution in [-0.4, -0.2) is 36.9 Å². The quantitative estimate of drug-likeness (QED) is 0.583. The lowest BCUT2D eigenvalue weighted by Crippen LogP contribution is -2.38. The van der Waals surface area contributed by atoms with Crippen LogP contribution in [-0.2, 0) is 9.59 Å². The van der Waals surface area contributed by atoms with E-state index in [2.05, 4.69) is 10.6 Å². The van der Waals surface area contributed by atoms with Gasteiger partial charge in [-0.15, -0.1) is 11.6 Å². The van der Waals surface area contributed by atoms with E-state index in [9.17, 15) is 9.59 Å². The molecule has 0 aliphatic heterocycles. The van der Waals surface area contributed by atoms with Crippen LogP contribution in [0.25, 0.3) is 0 Å². The second-order valence-electron chi connectivity index (χ2n) is 4.12. The molecule has 0 saturated heterocycles. The normalized spacial score (nSPS) is 11.6. The first-order valence-electron chi connectivity index (χ1n) is 6.16. The summed E-state index contributed by atoms with van der Waals surface area (Å²) < 4.78 is 5.26. The number of carbonyl (C=O) groups is 2. The predicted octanol–water partition coefficient (Wildman–Crippen LogP) is 2.23. The number of alkyl halides is 1. The van der Waals surface area contributed by atoms with E-state index in [0.717, 1.165) is 0 Å². The molecule has 0 aliphatic rings. The Bertz CT molecular complexity index is 509. The first kappa shape index (κ1) is 17.9. The van der Waals surface area contributed by atoms with Crippen LogP contribution in [0.1, 0.15) is 6.92 Å². The van der Waals surface area contributed by atoms with Crippen molar-refractivity contribution in [2.75, 3.05) is 19.7 Å². The number of carbonyl (C=O) groups excluding carboxylic acids is 2. The van der Waals surface area contributed by atoms with Gasteiger partial charge in [0.2, 0.25) is 5.91 Å². The minimum absolute atomic E-state index is 0.179. The Hall–Kier alpha value is -1.17. The van der Waals surface area contributed by atoms with Gasteiger partial charge in [-0.25, -0.2) is 0 Å². The van der Waals surface area contributed by atoms with Gasteiger partial charge in [0.25, 0.3) is 5.91 Å². The van der Waals surface area contributed by atoms with Crippen LogP contribution in [0.2, 0.25) is 10.0 Å². The minimum Gasteiger partial charge on any atom is -0.482 e. The molecule has 1 aromatic rings. The lowest BCUT2D eigenvalue weighted by atomic mass is 10.3. The third-order valence-electron chi connectivity index (χ3n) is 2.36. The monoisotopic (exact) mass is 352 g/mol. The van der Waals surface area contributed by atoms with Gasteiger partial charge in [0, 0.05) is 18.1 Å². The summed E-state index contributed by atoms with van der Waals surface area (Å²) >= 11 is 17.2. The van der Waals surface area contributed by atoms with Gasteiger partial charge in [-0.05, 0) is 25.1 Å². The van der Waals surface area contributed by atoms with Gasteiger partial charge in [0.15, 0.2) is 6.61 Å². The summed E-state index contributed by atoms with van der Waals surface area (Å²) in [5.41, 5.74) is 0. The van der Waals surface area contributed by atoms with Gasteiger partial charge >= 0.3 is 0 Å². The summed E-state index contributed by atoms with van der Waals surface area (Å²) in [4.78, 5) is 22.7. The van der Waals surface area contributed by atoms with E-state index < -0.39 is 5.38 Å². The van der Waals surface area contributed by atoms with E-state index in [1.54, 1.807) is 19.1 Å². The molecule has 21 heavy (non-hydrogen) atoms. The van der Waals surface area contributed by atoms with E-state index in [0.29, 0.717) is 22.3 Å². The van der Waals surface area contributed by atoms with Crippen LogP contribution >= 0.6 is 34.8 Å². The van der Waals surface area contributed by atoms with E-state index in [1.807, 2.05) is 0 Å². The van der Waals surface area contributed by atoms with E-state index >= 15 is 0 Å². The average molecular weight is 354 g/mol. The van der Waals surface area contributed by atoms with E-state index in [4.69, 9.17) is 39.5 Å². The molecule has 2 N–H and O–H groups in total. The van der Waals surface area contributed by atoms with Crippen molar-refractivity contribution in [3.05, 3.63) is 28.2 Å². The molecular weight excluding hydrogens is 339 g/mol. The van der Waals surface area contributed by atoms with E-state index in [-0.39, 0.29) is 25.0 Å². The second kappa shape index (κ2) is 8.97. The number of halogens is 3. The van der Waals surface area contributed by atoms with Crippen molar-refractivity contribution in [3.8, 4) is 5.75 Å². The molecule has 0 fully saturated rings. The lowest BCUT2D eigenvalue weighted by Gasteiger charge is -2.10. The summed E-state index contributed by atoms with van der Waals surface area (Å²) in [7, 11) is 0. The maximum absolute atomic E-state index is 11.5. The maximum Gasteiger partial charge on any atom is 0.258 e. The van der Waals surface area contributed by atoms with Crippen molar-refractivity contribution in [1.82, 2.24) is 10.6 Å². The Morgan fingerprint density at radius 2 is 1.90 bits per heavy atom. The van der Waals surface area contributed by atoms with Crippen LogP contribution < -0.4 is 15.4 Å². The number of hydrogen-bond acceptors (Lipinski definition) is 3. The number of nitrogens with one attached hydrogen (secondary N) is 2. The smallest absolute Gasteiger partial charge is 0.258 e. The Balaban J connectivity index is 2.24. The third-order valence-corrected chi connectivity index (χ3v) is 3.09. The molecule has 8 heteroatoms. The zero-order valence-electron chi connectivity index (χ0n) is 11.3. The lowest BCUT2D eigenvalue weighted by molar-refractivity contribution is -0.124. The molecule has 1 atom stereocenters. The molecule has 5 nitrogen and oxygen atoms in total. The minimum atomic E-state index is -0.601. The van der Waals surface area contributed by atoms with Crippen molar-refractivity contribution in [2.45, 2.75) is 12.3 Å². The summed E-state index contributed by atoms with van der Waals surface area (Å²) in [6, 6.07) is 4.72. The number of hydrogen-bond donors (Lipinski definition) is 2.